The first kappa shape index (κ1) is 18.7. The lowest BCUT2D eigenvalue weighted by Gasteiger charge is -2.09. The summed E-state index contributed by atoms with van der Waals surface area (Å²) in [6.07, 6.45) is 0. The molecule has 0 aliphatic carbocycles. The molecule has 0 aromatic heterocycles. The Hall–Kier alpha value is -3.12. The zero-order valence-electron chi connectivity index (χ0n) is 14.8. The summed E-state index contributed by atoms with van der Waals surface area (Å²) < 4.78 is 32.6. The van der Waals surface area contributed by atoms with E-state index in [0.29, 0.717) is 11.3 Å². The van der Waals surface area contributed by atoms with E-state index in [0.717, 1.165) is 11.1 Å². The van der Waals surface area contributed by atoms with Crippen molar-refractivity contribution in [2.24, 2.45) is 0 Å². The van der Waals surface area contributed by atoms with Crippen LogP contribution in [0.4, 0.5) is 5.69 Å². The molecule has 1 N–H and O–H groups in total. The topological polar surface area (TPSA) is 72.5 Å². The number of para-hydroxylation sites is 1. The van der Waals surface area contributed by atoms with Crippen LogP contribution in [0, 0.1) is 6.92 Å². The summed E-state index contributed by atoms with van der Waals surface area (Å²) in [7, 11) is -3.72. The van der Waals surface area contributed by atoms with E-state index in [1.165, 1.54) is 24.3 Å². The van der Waals surface area contributed by atoms with Gasteiger partial charge in [-0.3, -0.25) is 4.72 Å². The summed E-state index contributed by atoms with van der Waals surface area (Å²) in [5, 5.41) is 0. The van der Waals surface area contributed by atoms with Gasteiger partial charge in [0.15, 0.2) is 0 Å². The number of nitrogens with one attached hydrogen (secondary N) is 1. The Morgan fingerprint density at radius 2 is 1.63 bits per heavy atom. The van der Waals surface area contributed by atoms with Gasteiger partial charge < -0.3 is 4.74 Å². The molecule has 138 valence electrons. The number of aryl methyl sites for hydroxylation is 1. The Morgan fingerprint density at radius 3 is 2.30 bits per heavy atom. The summed E-state index contributed by atoms with van der Waals surface area (Å²) in [6, 6.07) is 21.9. The predicted molar refractivity (Wildman–Crippen MR) is 104 cm³/mol. The highest BCUT2D eigenvalue weighted by atomic mass is 32.2. The minimum atomic E-state index is -3.72. The average molecular weight is 381 g/mol. The molecule has 0 fully saturated rings. The van der Waals surface area contributed by atoms with Gasteiger partial charge in [-0.2, -0.15) is 0 Å². The zero-order chi connectivity index (χ0) is 19.3. The summed E-state index contributed by atoms with van der Waals surface area (Å²) in [5.41, 5.74) is 2.75. The molecule has 0 saturated carbocycles. The quantitative estimate of drug-likeness (QED) is 0.651. The van der Waals surface area contributed by atoms with Crippen LogP contribution in [0.1, 0.15) is 21.5 Å². The smallest absolute Gasteiger partial charge is 0.338 e. The van der Waals surface area contributed by atoms with Crippen LogP contribution in [-0.4, -0.2) is 14.4 Å². The number of esters is 1. The Morgan fingerprint density at radius 1 is 0.926 bits per heavy atom. The molecule has 3 aromatic carbocycles. The number of carbonyl (C=O) groups is 1. The van der Waals surface area contributed by atoms with Gasteiger partial charge in [-0.05, 0) is 48.9 Å². The van der Waals surface area contributed by atoms with E-state index in [2.05, 4.69) is 4.72 Å². The summed E-state index contributed by atoms with van der Waals surface area (Å²) in [6.45, 7) is 2.13. The average Bonchev–Trinajstić information content (AvgIpc) is 2.67. The van der Waals surface area contributed by atoms with Crippen molar-refractivity contribution in [2.45, 2.75) is 18.4 Å². The van der Waals surface area contributed by atoms with Gasteiger partial charge in [-0.1, -0.05) is 48.0 Å². The van der Waals surface area contributed by atoms with Crippen LogP contribution in [0.25, 0.3) is 0 Å². The lowest BCUT2D eigenvalue weighted by Crippen LogP contribution is -2.13. The maximum atomic E-state index is 12.4. The van der Waals surface area contributed by atoms with Crippen LogP contribution in [0.15, 0.2) is 83.8 Å². The summed E-state index contributed by atoms with van der Waals surface area (Å²) >= 11 is 0. The normalized spacial score (nSPS) is 11.0. The SMILES string of the molecule is Cc1cccc(COC(=O)c2ccc(S(=O)(=O)Nc3ccccc3)cc2)c1. The second-order valence-electron chi connectivity index (χ2n) is 6.06. The maximum absolute atomic E-state index is 12.4. The minimum Gasteiger partial charge on any atom is -0.457 e. The first-order chi connectivity index (χ1) is 12.9. The van der Waals surface area contributed by atoms with Gasteiger partial charge in [0.1, 0.15) is 6.61 Å². The largest absolute Gasteiger partial charge is 0.457 e. The summed E-state index contributed by atoms with van der Waals surface area (Å²) in [4.78, 5) is 12.2. The Balaban J connectivity index is 1.66. The molecular formula is C21H19NO4S. The second kappa shape index (κ2) is 8.05. The van der Waals surface area contributed by atoms with Crippen LogP contribution in [0.2, 0.25) is 0 Å². The molecule has 0 aliphatic heterocycles. The fourth-order valence-electron chi connectivity index (χ4n) is 2.52. The van der Waals surface area contributed by atoms with Gasteiger partial charge in [-0.15, -0.1) is 0 Å². The second-order valence-corrected chi connectivity index (χ2v) is 7.74. The molecule has 27 heavy (non-hydrogen) atoms. The zero-order valence-corrected chi connectivity index (χ0v) is 15.6. The van der Waals surface area contributed by atoms with Crippen molar-refractivity contribution in [3.05, 3.63) is 95.6 Å². The molecule has 0 atom stereocenters. The van der Waals surface area contributed by atoms with E-state index in [9.17, 15) is 13.2 Å². The Bertz CT molecular complexity index is 1030. The number of ether oxygens (including phenoxy) is 1. The molecule has 0 saturated heterocycles. The van der Waals surface area contributed by atoms with Gasteiger partial charge in [0.05, 0.1) is 10.5 Å². The number of sulfonamides is 1. The molecular weight excluding hydrogens is 362 g/mol. The third-order valence-corrected chi connectivity index (χ3v) is 5.28. The van der Waals surface area contributed by atoms with E-state index < -0.39 is 16.0 Å². The predicted octanol–water partition coefficient (Wildman–Crippen LogP) is 4.15. The third kappa shape index (κ3) is 4.95. The highest BCUT2D eigenvalue weighted by Gasteiger charge is 2.15. The molecule has 3 aromatic rings. The van der Waals surface area contributed by atoms with E-state index >= 15 is 0 Å². The standard InChI is InChI=1S/C21H19NO4S/c1-16-6-5-7-17(14-16)15-26-21(23)18-10-12-20(13-11-18)27(24,25)22-19-8-3-2-4-9-19/h2-14,22H,15H2,1H3. The van der Waals surface area contributed by atoms with Gasteiger partial charge in [-0.25, -0.2) is 13.2 Å². The molecule has 0 unspecified atom stereocenters. The van der Waals surface area contributed by atoms with Crippen molar-refractivity contribution in [1.29, 1.82) is 0 Å². The van der Waals surface area contributed by atoms with Crippen LogP contribution < -0.4 is 4.72 Å². The number of hydrogen-bond acceptors (Lipinski definition) is 4. The van der Waals surface area contributed by atoms with Crippen molar-refractivity contribution in [1.82, 2.24) is 0 Å². The molecule has 3 rings (SSSR count). The fraction of sp³-hybridized carbons (Fsp3) is 0.0952. The van der Waals surface area contributed by atoms with E-state index in [-0.39, 0.29) is 11.5 Å². The molecule has 0 heterocycles. The number of hydrogen-bond donors (Lipinski definition) is 1. The van der Waals surface area contributed by atoms with Crippen LogP contribution in [0.5, 0.6) is 0 Å². The first-order valence-electron chi connectivity index (χ1n) is 8.35. The molecule has 0 bridgehead atoms. The number of anilines is 1. The highest BCUT2D eigenvalue weighted by molar-refractivity contribution is 7.92. The van der Waals surface area contributed by atoms with Crippen molar-refractivity contribution in [3.63, 3.8) is 0 Å². The molecule has 0 radical (unpaired) electrons. The van der Waals surface area contributed by atoms with Crippen LogP contribution in [0.3, 0.4) is 0 Å². The monoisotopic (exact) mass is 381 g/mol. The number of carbonyl (C=O) groups excluding carboxylic acids is 1. The van der Waals surface area contributed by atoms with E-state index in [1.54, 1.807) is 30.3 Å². The minimum absolute atomic E-state index is 0.0709. The molecule has 0 amide bonds. The van der Waals surface area contributed by atoms with Crippen molar-refractivity contribution >= 4 is 21.7 Å². The number of rotatable bonds is 6. The maximum Gasteiger partial charge on any atom is 0.338 e. The van der Waals surface area contributed by atoms with Gasteiger partial charge in [0.2, 0.25) is 0 Å². The Kier molecular flexibility index (Phi) is 5.57. The van der Waals surface area contributed by atoms with Gasteiger partial charge in [0, 0.05) is 5.69 Å². The number of benzene rings is 3. The Labute approximate surface area is 158 Å². The van der Waals surface area contributed by atoms with Gasteiger partial charge in [0.25, 0.3) is 10.0 Å². The molecule has 6 heteroatoms. The lowest BCUT2D eigenvalue weighted by molar-refractivity contribution is 0.0472. The van der Waals surface area contributed by atoms with Crippen LogP contribution >= 0.6 is 0 Å². The lowest BCUT2D eigenvalue weighted by atomic mass is 10.1. The summed E-state index contributed by atoms with van der Waals surface area (Å²) in [5.74, 6) is -0.503. The van der Waals surface area contributed by atoms with Crippen LogP contribution in [-0.2, 0) is 21.4 Å². The van der Waals surface area contributed by atoms with Crippen molar-refractivity contribution < 1.29 is 17.9 Å². The first-order valence-corrected chi connectivity index (χ1v) is 9.83. The van der Waals surface area contributed by atoms with E-state index in [4.69, 9.17) is 4.74 Å². The molecule has 5 nitrogen and oxygen atoms in total. The molecule has 0 spiro atoms. The van der Waals surface area contributed by atoms with E-state index in [1.807, 2.05) is 31.2 Å². The highest BCUT2D eigenvalue weighted by Crippen LogP contribution is 2.17. The fourth-order valence-corrected chi connectivity index (χ4v) is 3.58. The molecule has 0 aliphatic rings. The van der Waals surface area contributed by atoms with Crippen molar-refractivity contribution in [2.75, 3.05) is 4.72 Å². The van der Waals surface area contributed by atoms with Gasteiger partial charge >= 0.3 is 5.97 Å². The third-order valence-electron chi connectivity index (χ3n) is 3.88. The van der Waals surface area contributed by atoms with Crippen molar-refractivity contribution in [3.8, 4) is 0 Å².